The fourth-order valence-corrected chi connectivity index (χ4v) is 3.45. The Morgan fingerprint density at radius 3 is 2.09 bits per heavy atom. The topological polar surface area (TPSA) is 58.6 Å². The molecular weight excluding hydrogens is 440 g/mol. The molecule has 0 aromatic heterocycles. The van der Waals surface area contributed by atoms with Gasteiger partial charge in [-0.3, -0.25) is 9.59 Å². The first-order chi connectivity index (χ1) is 15.7. The van der Waals surface area contributed by atoms with Gasteiger partial charge in [-0.1, -0.05) is 24.3 Å². The number of imide groups is 1. The van der Waals surface area contributed by atoms with Crippen LogP contribution in [0.2, 0.25) is 0 Å². The van der Waals surface area contributed by atoms with Gasteiger partial charge in [0.1, 0.15) is 17.3 Å². The Balaban J connectivity index is 1.80. The molecule has 1 aliphatic rings. The number of halogens is 4. The number of methoxy groups -OCH3 is 1. The predicted octanol–water partition coefficient (Wildman–Crippen LogP) is 5.25. The molecule has 9 heteroatoms. The van der Waals surface area contributed by atoms with Crippen LogP contribution in [0.1, 0.15) is 11.1 Å². The van der Waals surface area contributed by atoms with E-state index in [1.165, 1.54) is 19.2 Å². The van der Waals surface area contributed by atoms with Crippen LogP contribution in [0.4, 0.5) is 28.9 Å². The number of ether oxygens (including phenoxy) is 1. The highest BCUT2D eigenvalue weighted by molar-refractivity contribution is 6.46. The molecule has 1 aliphatic heterocycles. The van der Waals surface area contributed by atoms with Crippen molar-refractivity contribution in [2.24, 2.45) is 0 Å². The molecule has 0 fully saturated rings. The number of nitrogens with one attached hydrogen (secondary N) is 1. The van der Waals surface area contributed by atoms with Crippen LogP contribution in [0.15, 0.2) is 78.5 Å². The highest BCUT2D eigenvalue weighted by Gasteiger charge is 2.41. The number of alkyl halides is 3. The molecule has 0 spiro atoms. The number of hydrogen-bond donors (Lipinski definition) is 1. The molecule has 4 rings (SSSR count). The lowest BCUT2D eigenvalue weighted by molar-refractivity contribution is -0.137. The molecule has 168 valence electrons. The van der Waals surface area contributed by atoms with Crippen LogP contribution < -0.4 is 15.0 Å². The van der Waals surface area contributed by atoms with Gasteiger partial charge in [-0.25, -0.2) is 9.29 Å². The van der Waals surface area contributed by atoms with Crippen molar-refractivity contribution in [1.29, 1.82) is 0 Å². The first kappa shape index (κ1) is 22.1. The molecule has 0 saturated carbocycles. The van der Waals surface area contributed by atoms with Crippen molar-refractivity contribution in [2.45, 2.75) is 6.18 Å². The monoisotopic (exact) mass is 456 g/mol. The standard InChI is InChI=1S/C24H16F4N2O3/c1-33-19-5-3-2-4-18(19)29-21-20(14-6-10-16(25)11-7-14)22(31)30(23(21)32)17-12-8-15(9-13-17)24(26,27)28/h2-13,29H,1H3. The van der Waals surface area contributed by atoms with Crippen molar-refractivity contribution >= 4 is 28.8 Å². The summed E-state index contributed by atoms with van der Waals surface area (Å²) < 4.78 is 57.5. The maximum atomic E-state index is 13.5. The molecular formula is C24H16F4N2O3. The van der Waals surface area contributed by atoms with E-state index in [9.17, 15) is 27.2 Å². The van der Waals surface area contributed by atoms with Crippen LogP contribution >= 0.6 is 0 Å². The highest BCUT2D eigenvalue weighted by atomic mass is 19.4. The number of hydrogen-bond acceptors (Lipinski definition) is 4. The van der Waals surface area contributed by atoms with Crippen LogP contribution in [0, 0.1) is 5.82 Å². The summed E-state index contributed by atoms with van der Waals surface area (Å²) in [6, 6.07) is 15.3. The summed E-state index contributed by atoms with van der Waals surface area (Å²) in [5, 5.41) is 2.91. The van der Waals surface area contributed by atoms with Gasteiger partial charge in [0.2, 0.25) is 0 Å². The van der Waals surface area contributed by atoms with Gasteiger partial charge in [-0.15, -0.1) is 0 Å². The minimum Gasteiger partial charge on any atom is -0.495 e. The normalized spacial score (nSPS) is 14.2. The van der Waals surface area contributed by atoms with Crippen molar-refractivity contribution < 1.29 is 31.9 Å². The number of benzene rings is 3. The SMILES string of the molecule is COc1ccccc1NC1=C(c2ccc(F)cc2)C(=O)N(c2ccc(C(F)(F)F)cc2)C1=O. The molecule has 0 aliphatic carbocycles. The molecule has 2 amide bonds. The van der Waals surface area contributed by atoms with E-state index >= 15 is 0 Å². The van der Waals surface area contributed by atoms with E-state index in [0.717, 1.165) is 41.3 Å². The molecule has 3 aromatic carbocycles. The van der Waals surface area contributed by atoms with Crippen molar-refractivity contribution in [3.63, 3.8) is 0 Å². The molecule has 33 heavy (non-hydrogen) atoms. The Bertz CT molecular complexity index is 1250. The van der Waals surface area contributed by atoms with Gasteiger partial charge in [-0.2, -0.15) is 13.2 Å². The second-order valence-electron chi connectivity index (χ2n) is 7.07. The summed E-state index contributed by atoms with van der Waals surface area (Å²) >= 11 is 0. The molecule has 3 aromatic rings. The van der Waals surface area contributed by atoms with E-state index in [1.807, 2.05) is 0 Å². The maximum Gasteiger partial charge on any atom is 0.416 e. The van der Waals surface area contributed by atoms with Crippen LogP contribution in [-0.2, 0) is 15.8 Å². The third-order valence-corrected chi connectivity index (χ3v) is 5.04. The number of para-hydroxylation sites is 2. The average Bonchev–Trinajstić information content (AvgIpc) is 3.03. The number of carbonyl (C=O) groups is 2. The van der Waals surface area contributed by atoms with Crippen molar-refractivity contribution in [3.8, 4) is 5.75 Å². The first-order valence-electron chi connectivity index (χ1n) is 9.67. The lowest BCUT2D eigenvalue weighted by Gasteiger charge is -2.17. The zero-order valence-corrected chi connectivity index (χ0v) is 17.1. The number of rotatable bonds is 5. The number of carbonyl (C=O) groups excluding carboxylic acids is 2. The molecule has 5 nitrogen and oxygen atoms in total. The second kappa shape index (κ2) is 8.42. The summed E-state index contributed by atoms with van der Waals surface area (Å²) in [5.41, 5.74) is -0.452. The Kier molecular flexibility index (Phi) is 5.63. The highest BCUT2D eigenvalue weighted by Crippen LogP contribution is 2.37. The molecule has 0 radical (unpaired) electrons. The van der Waals surface area contributed by atoms with E-state index in [2.05, 4.69) is 5.32 Å². The molecule has 0 unspecified atom stereocenters. The lowest BCUT2D eigenvalue weighted by atomic mass is 10.0. The van der Waals surface area contributed by atoms with Gasteiger partial charge in [0.05, 0.1) is 29.6 Å². The van der Waals surface area contributed by atoms with Gasteiger partial charge in [-0.05, 0) is 54.1 Å². The third kappa shape index (κ3) is 4.17. The predicted molar refractivity (Wildman–Crippen MR) is 114 cm³/mol. The van der Waals surface area contributed by atoms with E-state index in [1.54, 1.807) is 24.3 Å². The van der Waals surface area contributed by atoms with Gasteiger partial charge < -0.3 is 10.1 Å². The summed E-state index contributed by atoms with van der Waals surface area (Å²) in [7, 11) is 1.44. The van der Waals surface area contributed by atoms with E-state index in [-0.39, 0.29) is 22.5 Å². The first-order valence-corrected chi connectivity index (χ1v) is 9.67. The van der Waals surface area contributed by atoms with Crippen LogP contribution in [-0.4, -0.2) is 18.9 Å². The Morgan fingerprint density at radius 1 is 0.848 bits per heavy atom. The van der Waals surface area contributed by atoms with Gasteiger partial charge >= 0.3 is 6.18 Å². The smallest absolute Gasteiger partial charge is 0.416 e. The van der Waals surface area contributed by atoms with Crippen molar-refractivity contribution in [2.75, 3.05) is 17.3 Å². The molecule has 0 bridgehead atoms. The lowest BCUT2D eigenvalue weighted by Crippen LogP contribution is -2.32. The Labute approximate surface area is 185 Å². The van der Waals surface area contributed by atoms with E-state index < -0.39 is 29.4 Å². The van der Waals surface area contributed by atoms with E-state index in [0.29, 0.717) is 11.4 Å². The van der Waals surface area contributed by atoms with Gasteiger partial charge in [0.15, 0.2) is 0 Å². The number of anilines is 2. The third-order valence-electron chi connectivity index (χ3n) is 5.04. The summed E-state index contributed by atoms with van der Waals surface area (Å²) in [5.74, 6) is -1.67. The summed E-state index contributed by atoms with van der Waals surface area (Å²) in [6.07, 6.45) is -4.56. The number of amides is 2. The minimum absolute atomic E-state index is 0.0329. The molecule has 1 N–H and O–H groups in total. The fourth-order valence-electron chi connectivity index (χ4n) is 3.45. The fraction of sp³-hybridized carbons (Fsp3) is 0.0833. The maximum absolute atomic E-state index is 13.5. The average molecular weight is 456 g/mol. The van der Waals surface area contributed by atoms with Crippen molar-refractivity contribution in [3.05, 3.63) is 95.4 Å². The van der Waals surface area contributed by atoms with E-state index in [4.69, 9.17) is 4.74 Å². The van der Waals surface area contributed by atoms with Crippen LogP contribution in [0.5, 0.6) is 5.75 Å². The van der Waals surface area contributed by atoms with Crippen LogP contribution in [0.3, 0.4) is 0 Å². The zero-order chi connectivity index (χ0) is 23.8. The Morgan fingerprint density at radius 2 is 1.48 bits per heavy atom. The number of nitrogens with zero attached hydrogens (tertiary/aromatic N) is 1. The summed E-state index contributed by atoms with van der Waals surface area (Å²) in [4.78, 5) is 27.4. The minimum atomic E-state index is -4.56. The molecule has 0 atom stereocenters. The summed E-state index contributed by atoms with van der Waals surface area (Å²) in [6.45, 7) is 0. The quantitative estimate of drug-likeness (QED) is 0.421. The Hall–Kier alpha value is -4.14. The van der Waals surface area contributed by atoms with Gasteiger partial charge in [0.25, 0.3) is 11.8 Å². The van der Waals surface area contributed by atoms with Crippen molar-refractivity contribution in [1.82, 2.24) is 0 Å². The zero-order valence-electron chi connectivity index (χ0n) is 17.1. The second-order valence-corrected chi connectivity index (χ2v) is 7.07. The largest absolute Gasteiger partial charge is 0.495 e. The van der Waals surface area contributed by atoms with Crippen LogP contribution in [0.25, 0.3) is 5.57 Å². The molecule has 0 saturated heterocycles. The molecule has 1 heterocycles. The van der Waals surface area contributed by atoms with Gasteiger partial charge in [0, 0.05) is 0 Å².